The molecule has 0 unspecified atom stereocenters. The zero-order valence-electron chi connectivity index (χ0n) is 17.3. The summed E-state index contributed by atoms with van der Waals surface area (Å²) >= 11 is 0. The number of benzene rings is 1. The average Bonchev–Trinajstić information content (AvgIpc) is 2.75. The van der Waals surface area contributed by atoms with Crippen molar-refractivity contribution in [1.29, 1.82) is 0 Å². The SMILES string of the molecule is COC(=O)C1CCN(C(=O)CCCN(c2ccc3c(c2)OCCO3)S(C)(=O)=O)CC1. The van der Waals surface area contributed by atoms with Gasteiger partial charge in [-0.2, -0.15) is 0 Å². The van der Waals surface area contributed by atoms with Crippen LogP contribution in [0.2, 0.25) is 0 Å². The maximum absolute atomic E-state index is 12.5. The van der Waals surface area contributed by atoms with E-state index in [0.29, 0.717) is 62.8 Å². The van der Waals surface area contributed by atoms with E-state index in [1.807, 2.05) is 0 Å². The van der Waals surface area contributed by atoms with Gasteiger partial charge < -0.3 is 19.1 Å². The minimum absolute atomic E-state index is 0.0334. The molecule has 9 nitrogen and oxygen atoms in total. The number of esters is 1. The van der Waals surface area contributed by atoms with E-state index in [-0.39, 0.29) is 30.8 Å². The molecule has 0 saturated carbocycles. The van der Waals surface area contributed by atoms with E-state index in [1.54, 1.807) is 23.1 Å². The van der Waals surface area contributed by atoms with Gasteiger partial charge in [-0.1, -0.05) is 0 Å². The number of amides is 1. The van der Waals surface area contributed by atoms with Crippen LogP contribution in [0.1, 0.15) is 25.7 Å². The van der Waals surface area contributed by atoms with Crippen molar-refractivity contribution in [2.45, 2.75) is 25.7 Å². The lowest BCUT2D eigenvalue weighted by Crippen LogP contribution is -2.40. The number of sulfonamides is 1. The summed E-state index contributed by atoms with van der Waals surface area (Å²) in [6, 6.07) is 5.02. The number of methoxy groups -OCH3 is 1. The largest absolute Gasteiger partial charge is 0.486 e. The Morgan fingerprint density at radius 1 is 1.17 bits per heavy atom. The number of ether oxygens (including phenoxy) is 3. The molecule has 1 aromatic rings. The Balaban J connectivity index is 1.56. The Hall–Kier alpha value is -2.49. The zero-order valence-corrected chi connectivity index (χ0v) is 18.2. The molecule has 0 spiro atoms. The van der Waals surface area contributed by atoms with E-state index in [2.05, 4.69) is 0 Å². The van der Waals surface area contributed by atoms with Crippen LogP contribution < -0.4 is 13.8 Å². The van der Waals surface area contributed by atoms with Crippen molar-refractivity contribution in [3.8, 4) is 11.5 Å². The molecule has 1 saturated heterocycles. The highest BCUT2D eigenvalue weighted by Gasteiger charge is 2.28. The van der Waals surface area contributed by atoms with Crippen LogP contribution >= 0.6 is 0 Å². The van der Waals surface area contributed by atoms with Crippen molar-refractivity contribution < 1.29 is 32.2 Å². The fourth-order valence-electron chi connectivity index (χ4n) is 3.74. The molecule has 0 atom stereocenters. The van der Waals surface area contributed by atoms with Gasteiger partial charge in [0.25, 0.3) is 0 Å². The summed E-state index contributed by atoms with van der Waals surface area (Å²) in [5, 5.41) is 0. The summed E-state index contributed by atoms with van der Waals surface area (Å²) in [6.45, 7) is 2.08. The molecule has 10 heteroatoms. The predicted molar refractivity (Wildman–Crippen MR) is 110 cm³/mol. The number of hydrogen-bond acceptors (Lipinski definition) is 7. The molecule has 2 aliphatic heterocycles. The fourth-order valence-corrected chi connectivity index (χ4v) is 4.69. The second-order valence-corrected chi connectivity index (χ2v) is 9.35. The van der Waals surface area contributed by atoms with Gasteiger partial charge in [-0.05, 0) is 31.4 Å². The second-order valence-electron chi connectivity index (χ2n) is 7.44. The number of likely N-dealkylation sites (tertiary alicyclic amines) is 1. The van der Waals surface area contributed by atoms with Gasteiger partial charge in [-0.3, -0.25) is 13.9 Å². The molecule has 2 heterocycles. The lowest BCUT2D eigenvalue weighted by atomic mass is 9.97. The van der Waals surface area contributed by atoms with Crippen LogP contribution in [0.5, 0.6) is 11.5 Å². The molecule has 30 heavy (non-hydrogen) atoms. The van der Waals surface area contributed by atoms with Crippen molar-refractivity contribution in [2.75, 3.05) is 50.5 Å². The monoisotopic (exact) mass is 440 g/mol. The number of fused-ring (bicyclic) bond motifs is 1. The zero-order chi connectivity index (χ0) is 21.7. The van der Waals surface area contributed by atoms with Crippen molar-refractivity contribution in [3.05, 3.63) is 18.2 Å². The van der Waals surface area contributed by atoms with Crippen molar-refractivity contribution in [2.24, 2.45) is 5.92 Å². The van der Waals surface area contributed by atoms with Gasteiger partial charge in [0.2, 0.25) is 15.9 Å². The van der Waals surface area contributed by atoms with Gasteiger partial charge in [0.05, 0.1) is 25.0 Å². The minimum atomic E-state index is -3.53. The Labute approximate surface area is 176 Å². The molecule has 0 N–H and O–H groups in total. The van der Waals surface area contributed by atoms with Gasteiger partial charge in [0, 0.05) is 32.1 Å². The molecule has 0 aromatic heterocycles. The number of carbonyl (C=O) groups excluding carboxylic acids is 2. The maximum atomic E-state index is 12.5. The third-order valence-corrected chi connectivity index (χ3v) is 6.54. The number of carbonyl (C=O) groups is 2. The van der Waals surface area contributed by atoms with Crippen LogP contribution in [0.4, 0.5) is 5.69 Å². The molecule has 0 aliphatic carbocycles. The highest BCUT2D eigenvalue weighted by atomic mass is 32.2. The third-order valence-electron chi connectivity index (χ3n) is 5.35. The standard InChI is InChI=1S/C20H28N2O7S/c1-27-20(24)15-7-10-21(11-8-15)19(23)4-3-9-22(30(2,25)26)16-5-6-17-18(14-16)29-13-12-28-17/h5-6,14-15H,3-4,7-13H2,1-2H3. The first kappa shape index (κ1) is 22.2. The highest BCUT2D eigenvalue weighted by Crippen LogP contribution is 2.34. The summed E-state index contributed by atoms with van der Waals surface area (Å²) in [6.07, 6.45) is 2.94. The van der Waals surface area contributed by atoms with Gasteiger partial charge in [0.15, 0.2) is 11.5 Å². The van der Waals surface area contributed by atoms with Crippen molar-refractivity contribution in [1.82, 2.24) is 4.90 Å². The molecule has 2 aliphatic rings. The van der Waals surface area contributed by atoms with E-state index in [0.717, 1.165) is 6.26 Å². The molecule has 0 radical (unpaired) electrons. The van der Waals surface area contributed by atoms with Crippen LogP contribution in [-0.2, 0) is 24.3 Å². The first-order valence-corrected chi connectivity index (χ1v) is 11.9. The normalized spacial score (nSPS) is 16.8. The first-order valence-electron chi connectivity index (χ1n) is 10.0. The number of rotatable bonds is 7. The van der Waals surface area contributed by atoms with Crippen LogP contribution in [0, 0.1) is 5.92 Å². The first-order chi connectivity index (χ1) is 14.3. The van der Waals surface area contributed by atoms with Crippen LogP contribution in [0.25, 0.3) is 0 Å². The summed E-state index contributed by atoms with van der Waals surface area (Å²) in [4.78, 5) is 25.8. The van der Waals surface area contributed by atoms with Gasteiger partial charge in [0.1, 0.15) is 13.2 Å². The molecule has 1 fully saturated rings. The predicted octanol–water partition coefficient (Wildman–Crippen LogP) is 1.42. The smallest absolute Gasteiger partial charge is 0.308 e. The molecular formula is C20H28N2O7S. The van der Waals surface area contributed by atoms with E-state index in [4.69, 9.17) is 14.2 Å². The number of hydrogen-bond donors (Lipinski definition) is 0. The van der Waals surface area contributed by atoms with E-state index >= 15 is 0 Å². The maximum Gasteiger partial charge on any atom is 0.308 e. The summed E-state index contributed by atoms with van der Waals surface area (Å²) in [7, 11) is -2.16. The molecule has 0 bridgehead atoms. The fraction of sp³-hybridized carbons (Fsp3) is 0.600. The minimum Gasteiger partial charge on any atom is -0.486 e. The Bertz CT molecular complexity index is 879. The summed E-state index contributed by atoms with van der Waals surface area (Å²) < 4.78 is 41.7. The van der Waals surface area contributed by atoms with Crippen molar-refractivity contribution in [3.63, 3.8) is 0 Å². The molecule has 1 aromatic carbocycles. The van der Waals surface area contributed by atoms with E-state index < -0.39 is 10.0 Å². The molecule has 3 rings (SSSR count). The Morgan fingerprint density at radius 3 is 2.47 bits per heavy atom. The lowest BCUT2D eigenvalue weighted by molar-refractivity contribution is -0.148. The summed E-state index contributed by atoms with van der Waals surface area (Å²) in [5.74, 6) is 0.676. The summed E-state index contributed by atoms with van der Waals surface area (Å²) in [5.41, 5.74) is 0.480. The molecular weight excluding hydrogens is 412 g/mol. The van der Waals surface area contributed by atoms with Crippen LogP contribution in [-0.4, -0.2) is 71.4 Å². The number of nitrogens with zero attached hydrogens (tertiary/aromatic N) is 2. The van der Waals surface area contributed by atoms with Gasteiger partial charge in [-0.25, -0.2) is 8.42 Å². The third kappa shape index (κ3) is 5.35. The van der Waals surface area contributed by atoms with E-state index in [9.17, 15) is 18.0 Å². The van der Waals surface area contributed by atoms with Crippen molar-refractivity contribution >= 4 is 27.6 Å². The van der Waals surface area contributed by atoms with E-state index in [1.165, 1.54) is 11.4 Å². The van der Waals surface area contributed by atoms with Crippen LogP contribution in [0.15, 0.2) is 18.2 Å². The quantitative estimate of drug-likeness (QED) is 0.591. The average molecular weight is 441 g/mol. The number of piperidine rings is 1. The topological polar surface area (TPSA) is 102 Å². The molecule has 1 amide bonds. The van der Waals surface area contributed by atoms with Crippen LogP contribution in [0.3, 0.4) is 0 Å². The lowest BCUT2D eigenvalue weighted by Gasteiger charge is -2.31. The number of anilines is 1. The van der Waals surface area contributed by atoms with Gasteiger partial charge in [-0.15, -0.1) is 0 Å². The Kier molecular flexibility index (Phi) is 7.06. The molecule has 166 valence electrons. The second kappa shape index (κ2) is 9.55. The highest BCUT2D eigenvalue weighted by molar-refractivity contribution is 7.92. The van der Waals surface area contributed by atoms with Gasteiger partial charge >= 0.3 is 5.97 Å². The Morgan fingerprint density at radius 2 is 1.83 bits per heavy atom.